The van der Waals surface area contributed by atoms with Gasteiger partial charge in [0, 0.05) is 6.20 Å². The lowest BCUT2D eigenvalue weighted by Gasteiger charge is -1.96. The van der Waals surface area contributed by atoms with E-state index in [0.717, 1.165) is 5.56 Å². The van der Waals surface area contributed by atoms with Gasteiger partial charge in [-0.1, -0.05) is 13.8 Å². The molecule has 0 fully saturated rings. The highest BCUT2D eigenvalue weighted by Crippen LogP contribution is 2.06. The number of aryl methyl sites for hydroxylation is 1. The molecule has 2 aromatic heterocycles. The molecule has 4 heteroatoms. The van der Waals surface area contributed by atoms with Gasteiger partial charge in [0.15, 0.2) is 5.65 Å². The van der Waals surface area contributed by atoms with Crippen molar-refractivity contribution in [3.63, 3.8) is 0 Å². The lowest BCUT2D eigenvalue weighted by Crippen LogP contribution is -2.08. The van der Waals surface area contributed by atoms with Crippen molar-refractivity contribution in [1.82, 2.24) is 15.0 Å². The molecule has 0 atom stereocenters. The lowest BCUT2D eigenvalue weighted by molar-refractivity contribution is 1.13. The fourth-order valence-electron chi connectivity index (χ4n) is 1.15. The first-order chi connectivity index (χ1) is 6.79. The average Bonchev–Trinajstić information content (AvgIpc) is 2.21. The molecule has 2 heterocycles. The van der Waals surface area contributed by atoms with Gasteiger partial charge in [-0.25, -0.2) is 9.97 Å². The van der Waals surface area contributed by atoms with Gasteiger partial charge in [-0.05, 0) is 18.6 Å². The molecule has 0 aliphatic heterocycles. The van der Waals surface area contributed by atoms with Crippen molar-refractivity contribution in [2.45, 2.75) is 20.8 Å². The van der Waals surface area contributed by atoms with E-state index in [9.17, 15) is 4.79 Å². The predicted octanol–water partition coefficient (Wildman–Crippen LogP) is 1.65. The molecule has 0 spiro atoms. The number of hydrogen-bond acceptors (Lipinski definition) is 3. The molecule has 0 bridgehead atoms. The highest BCUT2D eigenvalue weighted by molar-refractivity contribution is 5.76. The van der Waals surface area contributed by atoms with Crippen LogP contribution in [0.1, 0.15) is 19.4 Å². The Bertz CT molecular complexity index is 471. The summed E-state index contributed by atoms with van der Waals surface area (Å²) in [5.74, 6) is 0. The molecule has 14 heavy (non-hydrogen) atoms. The van der Waals surface area contributed by atoms with Gasteiger partial charge in [-0.3, -0.25) is 4.79 Å². The van der Waals surface area contributed by atoms with E-state index >= 15 is 0 Å². The fraction of sp³-hybridized carbons (Fsp3) is 0.300. The van der Waals surface area contributed by atoms with Gasteiger partial charge in [-0.15, -0.1) is 0 Å². The smallest absolute Gasteiger partial charge is 0.260 e. The Hall–Kier alpha value is -1.71. The molecule has 0 unspecified atom stereocenters. The van der Waals surface area contributed by atoms with Gasteiger partial charge in [0.2, 0.25) is 0 Å². The summed E-state index contributed by atoms with van der Waals surface area (Å²) in [4.78, 5) is 21.7. The van der Waals surface area contributed by atoms with Gasteiger partial charge in [0.25, 0.3) is 5.56 Å². The first-order valence-corrected chi connectivity index (χ1v) is 4.58. The topological polar surface area (TPSA) is 58.6 Å². The number of rotatable bonds is 0. The zero-order valence-electron chi connectivity index (χ0n) is 8.53. The van der Waals surface area contributed by atoms with Crippen LogP contribution < -0.4 is 5.56 Å². The van der Waals surface area contributed by atoms with Crippen LogP contribution in [0.25, 0.3) is 11.0 Å². The van der Waals surface area contributed by atoms with E-state index in [0.29, 0.717) is 11.0 Å². The van der Waals surface area contributed by atoms with E-state index in [2.05, 4.69) is 15.0 Å². The van der Waals surface area contributed by atoms with Gasteiger partial charge < -0.3 is 4.98 Å². The van der Waals surface area contributed by atoms with Crippen molar-refractivity contribution in [2.75, 3.05) is 0 Å². The van der Waals surface area contributed by atoms with E-state index in [-0.39, 0.29) is 5.56 Å². The minimum atomic E-state index is -0.134. The van der Waals surface area contributed by atoms with Gasteiger partial charge >= 0.3 is 0 Å². The van der Waals surface area contributed by atoms with Crippen molar-refractivity contribution in [1.29, 1.82) is 0 Å². The minimum absolute atomic E-state index is 0.134. The summed E-state index contributed by atoms with van der Waals surface area (Å²) in [7, 11) is 0. The predicted molar refractivity (Wildman–Crippen MR) is 56.2 cm³/mol. The van der Waals surface area contributed by atoms with E-state index in [4.69, 9.17) is 0 Å². The molecular formula is C10H13N3O. The molecule has 2 aromatic rings. The monoisotopic (exact) mass is 191 g/mol. The van der Waals surface area contributed by atoms with Crippen LogP contribution >= 0.6 is 0 Å². The van der Waals surface area contributed by atoms with Crippen molar-refractivity contribution in [3.05, 3.63) is 34.5 Å². The Morgan fingerprint density at radius 1 is 1.29 bits per heavy atom. The lowest BCUT2D eigenvalue weighted by atomic mass is 10.2. The highest BCUT2D eigenvalue weighted by Gasteiger charge is 2.01. The third-order valence-corrected chi connectivity index (χ3v) is 1.75. The standard InChI is InChI=1S/C8H7N3O.C2H6/c1-5-2-3-9-7-6(5)8(12)11-4-10-7;1-2/h2-4H,1H3,(H,9,10,11,12);1-2H3. The molecule has 0 aliphatic rings. The van der Waals surface area contributed by atoms with Crippen LogP contribution in [-0.4, -0.2) is 15.0 Å². The summed E-state index contributed by atoms with van der Waals surface area (Å²) in [6.45, 7) is 5.86. The van der Waals surface area contributed by atoms with Crippen LogP contribution in [0.2, 0.25) is 0 Å². The fourth-order valence-corrected chi connectivity index (χ4v) is 1.15. The van der Waals surface area contributed by atoms with E-state index < -0.39 is 0 Å². The zero-order chi connectivity index (χ0) is 10.6. The molecule has 74 valence electrons. The summed E-state index contributed by atoms with van der Waals surface area (Å²) in [6.07, 6.45) is 3.00. The van der Waals surface area contributed by atoms with Crippen molar-refractivity contribution >= 4 is 11.0 Å². The number of pyridine rings is 1. The molecule has 0 radical (unpaired) electrons. The van der Waals surface area contributed by atoms with Crippen LogP contribution in [0.3, 0.4) is 0 Å². The van der Waals surface area contributed by atoms with Crippen LogP contribution in [-0.2, 0) is 0 Å². The maximum Gasteiger partial charge on any atom is 0.260 e. The number of H-pyrrole nitrogens is 1. The normalized spacial score (nSPS) is 9.36. The first kappa shape index (κ1) is 10.4. The molecule has 0 saturated heterocycles. The molecular weight excluding hydrogens is 178 g/mol. The quantitative estimate of drug-likeness (QED) is 0.688. The molecule has 1 N–H and O–H groups in total. The summed E-state index contributed by atoms with van der Waals surface area (Å²) < 4.78 is 0. The number of aromatic nitrogens is 3. The molecule has 0 saturated carbocycles. The summed E-state index contributed by atoms with van der Waals surface area (Å²) in [5.41, 5.74) is 1.26. The number of aromatic amines is 1. The van der Waals surface area contributed by atoms with Crippen molar-refractivity contribution < 1.29 is 0 Å². The van der Waals surface area contributed by atoms with Crippen LogP contribution in [0.15, 0.2) is 23.4 Å². The van der Waals surface area contributed by atoms with Crippen LogP contribution in [0, 0.1) is 6.92 Å². The van der Waals surface area contributed by atoms with E-state index in [1.165, 1.54) is 6.33 Å². The summed E-state index contributed by atoms with van der Waals surface area (Å²) in [6, 6.07) is 1.79. The number of hydrogen-bond donors (Lipinski definition) is 1. The average molecular weight is 191 g/mol. The third-order valence-electron chi connectivity index (χ3n) is 1.75. The Morgan fingerprint density at radius 2 is 2.00 bits per heavy atom. The third kappa shape index (κ3) is 1.79. The summed E-state index contributed by atoms with van der Waals surface area (Å²) in [5, 5.41) is 0.569. The molecule has 2 rings (SSSR count). The largest absolute Gasteiger partial charge is 0.312 e. The Labute approximate surface area is 82.0 Å². The molecule has 0 aromatic carbocycles. The van der Waals surface area contributed by atoms with Gasteiger partial charge in [0.1, 0.15) is 0 Å². The van der Waals surface area contributed by atoms with Crippen LogP contribution in [0.4, 0.5) is 0 Å². The second kappa shape index (κ2) is 4.50. The Morgan fingerprint density at radius 3 is 2.64 bits per heavy atom. The Kier molecular flexibility index (Phi) is 3.34. The minimum Gasteiger partial charge on any atom is -0.312 e. The molecule has 0 amide bonds. The zero-order valence-corrected chi connectivity index (χ0v) is 8.53. The van der Waals surface area contributed by atoms with Crippen molar-refractivity contribution in [3.8, 4) is 0 Å². The second-order valence-corrected chi connectivity index (χ2v) is 2.56. The Balaban J connectivity index is 0.000000461. The maximum absolute atomic E-state index is 11.3. The number of fused-ring (bicyclic) bond motifs is 1. The number of nitrogens with one attached hydrogen (secondary N) is 1. The molecule has 0 aliphatic carbocycles. The highest BCUT2D eigenvalue weighted by atomic mass is 16.1. The second-order valence-electron chi connectivity index (χ2n) is 2.56. The van der Waals surface area contributed by atoms with E-state index in [1.54, 1.807) is 12.3 Å². The number of nitrogens with zero attached hydrogens (tertiary/aromatic N) is 2. The van der Waals surface area contributed by atoms with E-state index in [1.807, 2.05) is 20.8 Å². The van der Waals surface area contributed by atoms with Gasteiger partial charge in [0.05, 0.1) is 11.7 Å². The summed E-state index contributed by atoms with van der Waals surface area (Å²) >= 11 is 0. The molecule has 4 nitrogen and oxygen atoms in total. The van der Waals surface area contributed by atoms with Crippen molar-refractivity contribution in [2.24, 2.45) is 0 Å². The van der Waals surface area contributed by atoms with Gasteiger partial charge in [-0.2, -0.15) is 0 Å². The maximum atomic E-state index is 11.3. The van der Waals surface area contributed by atoms with Crippen LogP contribution in [0.5, 0.6) is 0 Å². The first-order valence-electron chi connectivity index (χ1n) is 4.58. The SMILES string of the molecule is CC.Cc1ccnc2nc[nH]c(=O)c12.